The van der Waals surface area contributed by atoms with Crippen molar-refractivity contribution in [2.75, 3.05) is 18.1 Å². The fourth-order valence-electron chi connectivity index (χ4n) is 4.40. The number of carbonyl (C=O) groups excluding carboxylic acids is 2. The standard InChI is InChI=1S/C24H26FN3O3/c1-2-28(18-11-9-17(25)10-12-18)22(29)16-31-23(30)24(13-5-6-14-24)15-21-26-19-7-3-4-8-20(19)27-21/h3-4,7-12H,2,5-6,13-16H2,1H3,(H,26,27). The molecule has 1 saturated carbocycles. The van der Waals surface area contributed by atoms with Crippen molar-refractivity contribution in [2.24, 2.45) is 5.41 Å². The van der Waals surface area contributed by atoms with Crippen LogP contribution in [0.15, 0.2) is 48.5 Å². The van der Waals surface area contributed by atoms with E-state index < -0.39 is 5.41 Å². The number of imidazole rings is 1. The molecule has 1 amide bonds. The van der Waals surface area contributed by atoms with Gasteiger partial charge in [-0.15, -0.1) is 0 Å². The molecule has 0 aliphatic heterocycles. The number of para-hydroxylation sites is 2. The number of anilines is 1. The van der Waals surface area contributed by atoms with Crippen LogP contribution >= 0.6 is 0 Å². The van der Waals surface area contributed by atoms with Gasteiger partial charge in [-0.25, -0.2) is 9.37 Å². The van der Waals surface area contributed by atoms with Gasteiger partial charge >= 0.3 is 5.97 Å². The number of esters is 1. The van der Waals surface area contributed by atoms with E-state index in [0.717, 1.165) is 29.7 Å². The molecule has 1 aliphatic rings. The van der Waals surface area contributed by atoms with E-state index in [2.05, 4.69) is 9.97 Å². The van der Waals surface area contributed by atoms with Gasteiger partial charge in [0.2, 0.25) is 0 Å². The molecule has 1 fully saturated rings. The molecule has 162 valence electrons. The number of rotatable bonds is 7. The van der Waals surface area contributed by atoms with Crippen molar-refractivity contribution in [3.8, 4) is 0 Å². The smallest absolute Gasteiger partial charge is 0.313 e. The molecule has 0 radical (unpaired) electrons. The van der Waals surface area contributed by atoms with Crippen LogP contribution in [0.5, 0.6) is 0 Å². The lowest BCUT2D eigenvalue weighted by Gasteiger charge is -2.27. The summed E-state index contributed by atoms with van der Waals surface area (Å²) in [5.41, 5.74) is 1.71. The predicted octanol–water partition coefficient (Wildman–Crippen LogP) is 4.40. The fourth-order valence-corrected chi connectivity index (χ4v) is 4.40. The molecule has 1 aromatic heterocycles. The minimum atomic E-state index is -0.666. The SMILES string of the molecule is CCN(C(=O)COC(=O)C1(Cc2nc3ccccc3[nH]2)CCCC1)c1ccc(F)cc1. The van der Waals surface area contributed by atoms with Crippen LogP contribution in [0.4, 0.5) is 10.1 Å². The van der Waals surface area contributed by atoms with Gasteiger partial charge in [-0.2, -0.15) is 0 Å². The molecular weight excluding hydrogens is 397 g/mol. The monoisotopic (exact) mass is 423 g/mol. The average Bonchev–Trinajstić information content (AvgIpc) is 3.41. The van der Waals surface area contributed by atoms with Crippen molar-refractivity contribution in [1.29, 1.82) is 0 Å². The number of amides is 1. The van der Waals surface area contributed by atoms with Gasteiger partial charge in [-0.1, -0.05) is 25.0 Å². The number of carbonyl (C=O) groups is 2. The Bertz CT molecular complexity index is 1040. The largest absolute Gasteiger partial charge is 0.455 e. The molecule has 3 aromatic rings. The first-order chi connectivity index (χ1) is 15.0. The van der Waals surface area contributed by atoms with Crippen LogP contribution in [0.2, 0.25) is 0 Å². The molecule has 7 heteroatoms. The third kappa shape index (κ3) is 4.45. The molecule has 1 aliphatic carbocycles. The summed E-state index contributed by atoms with van der Waals surface area (Å²) in [7, 11) is 0. The number of nitrogens with one attached hydrogen (secondary N) is 1. The summed E-state index contributed by atoms with van der Waals surface area (Å²) in [6.45, 7) is 1.88. The molecule has 6 nitrogen and oxygen atoms in total. The number of H-pyrrole nitrogens is 1. The van der Waals surface area contributed by atoms with Crippen LogP contribution in [0.3, 0.4) is 0 Å². The maximum Gasteiger partial charge on any atom is 0.313 e. The van der Waals surface area contributed by atoms with Gasteiger partial charge in [0.25, 0.3) is 5.91 Å². The second kappa shape index (κ2) is 8.88. The minimum absolute atomic E-state index is 0.334. The summed E-state index contributed by atoms with van der Waals surface area (Å²) < 4.78 is 18.7. The van der Waals surface area contributed by atoms with Gasteiger partial charge in [0.05, 0.1) is 16.4 Å². The number of aromatic nitrogens is 2. The molecule has 0 saturated heterocycles. The molecule has 31 heavy (non-hydrogen) atoms. The van der Waals surface area contributed by atoms with E-state index in [4.69, 9.17) is 4.74 Å². The van der Waals surface area contributed by atoms with E-state index >= 15 is 0 Å². The van der Waals surface area contributed by atoms with Crippen molar-refractivity contribution in [2.45, 2.75) is 39.0 Å². The number of aromatic amines is 1. The van der Waals surface area contributed by atoms with Crippen molar-refractivity contribution < 1.29 is 18.7 Å². The van der Waals surface area contributed by atoms with Crippen LogP contribution in [0.25, 0.3) is 11.0 Å². The molecule has 2 aromatic carbocycles. The Morgan fingerprint density at radius 2 is 1.84 bits per heavy atom. The minimum Gasteiger partial charge on any atom is -0.455 e. The summed E-state index contributed by atoms with van der Waals surface area (Å²) in [5, 5.41) is 0. The van der Waals surface area contributed by atoms with Gasteiger partial charge in [-0.3, -0.25) is 9.59 Å². The molecule has 4 rings (SSSR count). The molecule has 0 spiro atoms. The van der Waals surface area contributed by atoms with E-state index in [9.17, 15) is 14.0 Å². The number of likely N-dealkylation sites (N-methyl/N-ethyl adjacent to an activating group) is 1. The zero-order valence-electron chi connectivity index (χ0n) is 17.6. The first kappa shape index (κ1) is 21.0. The lowest BCUT2D eigenvalue weighted by molar-refractivity contribution is -0.158. The highest BCUT2D eigenvalue weighted by molar-refractivity contribution is 5.95. The van der Waals surface area contributed by atoms with Gasteiger partial charge < -0.3 is 14.6 Å². The van der Waals surface area contributed by atoms with E-state index in [0.29, 0.717) is 31.5 Å². The van der Waals surface area contributed by atoms with Crippen LogP contribution < -0.4 is 4.90 Å². The third-order valence-corrected chi connectivity index (χ3v) is 6.02. The zero-order valence-corrected chi connectivity index (χ0v) is 17.6. The molecule has 0 unspecified atom stereocenters. The highest BCUT2D eigenvalue weighted by atomic mass is 19.1. The summed E-state index contributed by atoms with van der Waals surface area (Å²) in [6, 6.07) is 13.4. The van der Waals surface area contributed by atoms with Gasteiger partial charge in [0.1, 0.15) is 11.6 Å². The average molecular weight is 423 g/mol. The zero-order chi connectivity index (χ0) is 21.8. The molecule has 1 heterocycles. The Kier molecular flexibility index (Phi) is 6.02. The van der Waals surface area contributed by atoms with Gasteiger partial charge in [0, 0.05) is 18.7 Å². The van der Waals surface area contributed by atoms with Crippen molar-refractivity contribution in [3.05, 3.63) is 60.2 Å². The van der Waals surface area contributed by atoms with E-state index in [1.54, 1.807) is 12.1 Å². The van der Waals surface area contributed by atoms with E-state index in [-0.39, 0.29) is 24.3 Å². The first-order valence-corrected chi connectivity index (χ1v) is 10.7. The Hall–Kier alpha value is -3.22. The number of fused-ring (bicyclic) bond motifs is 1. The normalized spacial score (nSPS) is 15.2. The van der Waals surface area contributed by atoms with Gasteiger partial charge in [0.15, 0.2) is 6.61 Å². The second-order valence-corrected chi connectivity index (χ2v) is 8.06. The topological polar surface area (TPSA) is 75.3 Å². The van der Waals surface area contributed by atoms with Crippen LogP contribution in [0, 0.1) is 11.2 Å². The maximum atomic E-state index is 13.2. The van der Waals surface area contributed by atoms with E-state index in [1.807, 2.05) is 31.2 Å². The summed E-state index contributed by atoms with van der Waals surface area (Å²) in [4.78, 5) is 35.2. The summed E-state index contributed by atoms with van der Waals surface area (Å²) in [5.74, 6) is -0.298. The molecule has 1 N–H and O–H groups in total. The van der Waals surface area contributed by atoms with Gasteiger partial charge in [-0.05, 0) is 56.2 Å². The van der Waals surface area contributed by atoms with Crippen LogP contribution in [-0.2, 0) is 20.7 Å². The fraction of sp³-hybridized carbons (Fsp3) is 0.375. The Morgan fingerprint density at radius 1 is 1.13 bits per heavy atom. The third-order valence-electron chi connectivity index (χ3n) is 6.02. The quantitative estimate of drug-likeness (QED) is 0.572. The Labute approximate surface area is 180 Å². The number of ether oxygens (including phenoxy) is 1. The number of benzene rings is 2. The highest BCUT2D eigenvalue weighted by Crippen LogP contribution is 2.42. The number of nitrogens with zero attached hydrogens (tertiary/aromatic N) is 2. The maximum absolute atomic E-state index is 13.2. The molecule has 0 atom stereocenters. The molecule has 0 bridgehead atoms. The van der Waals surface area contributed by atoms with Crippen molar-refractivity contribution in [3.63, 3.8) is 0 Å². The Balaban J connectivity index is 1.44. The van der Waals surface area contributed by atoms with E-state index in [1.165, 1.54) is 17.0 Å². The summed E-state index contributed by atoms with van der Waals surface area (Å²) >= 11 is 0. The van der Waals surface area contributed by atoms with Crippen LogP contribution in [-0.4, -0.2) is 35.0 Å². The number of hydrogen-bond acceptors (Lipinski definition) is 4. The number of hydrogen-bond donors (Lipinski definition) is 1. The predicted molar refractivity (Wildman–Crippen MR) is 116 cm³/mol. The van der Waals surface area contributed by atoms with Crippen molar-refractivity contribution >= 4 is 28.6 Å². The lowest BCUT2D eigenvalue weighted by Crippen LogP contribution is -2.38. The molecular formula is C24H26FN3O3. The summed E-state index contributed by atoms with van der Waals surface area (Å²) in [6.07, 6.45) is 3.78. The number of halogens is 1. The first-order valence-electron chi connectivity index (χ1n) is 10.7. The van der Waals surface area contributed by atoms with Crippen LogP contribution in [0.1, 0.15) is 38.4 Å². The lowest BCUT2D eigenvalue weighted by atomic mass is 9.82. The van der Waals surface area contributed by atoms with Crippen molar-refractivity contribution in [1.82, 2.24) is 9.97 Å². The highest BCUT2D eigenvalue weighted by Gasteiger charge is 2.43. The Morgan fingerprint density at radius 3 is 2.52 bits per heavy atom. The second-order valence-electron chi connectivity index (χ2n) is 8.06.